The van der Waals surface area contributed by atoms with E-state index >= 15 is 0 Å². The molecule has 0 bridgehead atoms. The summed E-state index contributed by atoms with van der Waals surface area (Å²) in [6.45, 7) is 15.7. The van der Waals surface area contributed by atoms with Crippen molar-refractivity contribution in [1.82, 2.24) is 0 Å². The standard InChI is InChI=1S/C14H29IO2Si/c1-11(8-9-15)13(12(2)10-16)17-18(6,7)14(3,4)5/h8-9,11-13,16H,10H2,1-7H3/b9-8-/t11-,12-,13-/m0/s1. The van der Waals surface area contributed by atoms with Crippen LogP contribution in [0.2, 0.25) is 18.1 Å². The van der Waals surface area contributed by atoms with Crippen LogP contribution in [-0.2, 0) is 4.43 Å². The summed E-state index contributed by atoms with van der Waals surface area (Å²) in [7, 11) is -1.79. The molecule has 0 radical (unpaired) electrons. The van der Waals surface area contributed by atoms with Crippen molar-refractivity contribution in [1.29, 1.82) is 0 Å². The lowest BCUT2D eigenvalue weighted by Crippen LogP contribution is -2.47. The Bertz CT molecular complexity index is 271. The molecule has 3 atom stereocenters. The summed E-state index contributed by atoms with van der Waals surface area (Å²) in [6.07, 6.45) is 2.26. The SMILES string of the molecule is C[C@@H](/C=C\I)[C@H](O[Si](C)(C)C(C)(C)C)[C@@H](C)CO. The van der Waals surface area contributed by atoms with E-state index in [2.05, 4.69) is 76.4 Å². The van der Waals surface area contributed by atoms with Gasteiger partial charge in [0.25, 0.3) is 0 Å². The van der Waals surface area contributed by atoms with Gasteiger partial charge in [0.05, 0.1) is 6.10 Å². The van der Waals surface area contributed by atoms with Crippen LogP contribution in [0.3, 0.4) is 0 Å². The summed E-state index contributed by atoms with van der Waals surface area (Å²) in [5, 5.41) is 9.63. The van der Waals surface area contributed by atoms with Crippen LogP contribution >= 0.6 is 22.6 Å². The zero-order valence-corrected chi connectivity index (χ0v) is 16.0. The van der Waals surface area contributed by atoms with Gasteiger partial charge in [-0.3, -0.25) is 0 Å². The monoisotopic (exact) mass is 384 g/mol. The molecule has 0 heterocycles. The molecule has 0 saturated heterocycles. The maximum atomic E-state index is 9.43. The van der Waals surface area contributed by atoms with E-state index in [1.165, 1.54) is 0 Å². The Labute approximate surface area is 127 Å². The molecule has 0 aliphatic heterocycles. The van der Waals surface area contributed by atoms with Gasteiger partial charge in [0.15, 0.2) is 8.32 Å². The van der Waals surface area contributed by atoms with Crippen LogP contribution in [0, 0.1) is 11.8 Å². The van der Waals surface area contributed by atoms with E-state index in [0.29, 0.717) is 5.92 Å². The van der Waals surface area contributed by atoms with E-state index < -0.39 is 8.32 Å². The highest BCUT2D eigenvalue weighted by atomic mass is 127. The van der Waals surface area contributed by atoms with Crippen molar-refractivity contribution in [2.75, 3.05) is 6.61 Å². The van der Waals surface area contributed by atoms with Crippen LogP contribution in [-0.4, -0.2) is 26.1 Å². The summed E-state index contributed by atoms with van der Waals surface area (Å²) in [6, 6.07) is 0. The number of hydrogen-bond acceptors (Lipinski definition) is 2. The van der Waals surface area contributed by atoms with Crippen LogP contribution in [0.1, 0.15) is 34.6 Å². The Morgan fingerprint density at radius 2 is 1.78 bits per heavy atom. The average molecular weight is 384 g/mol. The Hall–Kier alpha value is 0.607. The molecule has 1 N–H and O–H groups in total. The number of hydrogen-bond donors (Lipinski definition) is 1. The second-order valence-corrected chi connectivity index (χ2v) is 12.2. The van der Waals surface area contributed by atoms with E-state index in [1.807, 2.05) is 4.08 Å². The minimum absolute atomic E-state index is 0.0990. The zero-order chi connectivity index (χ0) is 14.6. The van der Waals surface area contributed by atoms with Gasteiger partial charge in [-0.2, -0.15) is 0 Å². The first-order valence-electron chi connectivity index (χ1n) is 6.62. The number of aliphatic hydroxyl groups is 1. The van der Waals surface area contributed by atoms with E-state index in [0.717, 1.165) is 0 Å². The molecule has 108 valence electrons. The Kier molecular flexibility index (Phi) is 7.66. The molecule has 0 aromatic carbocycles. The van der Waals surface area contributed by atoms with Crippen LogP contribution in [0.15, 0.2) is 10.2 Å². The van der Waals surface area contributed by atoms with Gasteiger partial charge in [0, 0.05) is 18.4 Å². The lowest BCUT2D eigenvalue weighted by molar-refractivity contribution is 0.0600. The van der Waals surface area contributed by atoms with Crippen molar-refractivity contribution >= 4 is 30.9 Å². The van der Waals surface area contributed by atoms with Gasteiger partial charge in [0.1, 0.15) is 0 Å². The molecule has 0 unspecified atom stereocenters. The molecule has 4 heteroatoms. The average Bonchev–Trinajstić information content (AvgIpc) is 2.23. The first-order chi connectivity index (χ1) is 8.06. The van der Waals surface area contributed by atoms with Crippen molar-refractivity contribution < 1.29 is 9.53 Å². The normalized spacial score (nSPS) is 18.9. The van der Waals surface area contributed by atoms with E-state index in [-0.39, 0.29) is 23.7 Å². The van der Waals surface area contributed by atoms with Crippen molar-refractivity contribution in [2.24, 2.45) is 11.8 Å². The van der Waals surface area contributed by atoms with Gasteiger partial charge in [0.2, 0.25) is 0 Å². The molecule has 0 aromatic heterocycles. The number of aliphatic hydroxyl groups excluding tert-OH is 1. The van der Waals surface area contributed by atoms with Gasteiger partial charge >= 0.3 is 0 Å². The van der Waals surface area contributed by atoms with Crippen molar-refractivity contribution in [3.8, 4) is 0 Å². The minimum Gasteiger partial charge on any atom is -0.413 e. The van der Waals surface area contributed by atoms with Crippen LogP contribution in [0.5, 0.6) is 0 Å². The third-order valence-corrected chi connectivity index (χ3v) is 8.87. The van der Waals surface area contributed by atoms with Gasteiger partial charge in [-0.25, -0.2) is 0 Å². The summed E-state index contributed by atoms with van der Waals surface area (Å²) >= 11 is 2.24. The van der Waals surface area contributed by atoms with Crippen LogP contribution in [0.4, 0.5) is 0 Å². The molecule has 2 nitrogen and oxygen atoms in total. The molecule has 0 aromatic rings. The fourth-order valence-corrected chi connectivity index (χ4v) is 3.72. The molecular formula is C14H29IO2Si. The second-order valence-electron chi connectivity index (χ2n) is 6.68. The summed E-state index contributed by atoms with van der Waals surface area (Å²) < 4.78 is 8.53. The first kappa shape index (κ1) is 18.6. The number of rotatable bonds is 6. The molecule has 0 amide bonds. The third kappa shape index (κ3) is 5.31. The van der Waals surface area contributed by atoms with Gasteiger partial charge in [-0.05, 0) is 22.2 Å². The molecule has 0 saturated carbocycles. The van der Waals surface area contributed by atoms with E-state index in [9.17, 15) is 5.11 Å². The summed E-state index contributed by atoms with van der Waals surface area (Å²) in [5.41, 5.74) is 0. The van der Waals surface area contributed by atoms with E-state index in [1.54, 1.807) is 0 Å². The maximum Gasteiger partial charge on any atom is 0.192 e. The molecule has 0 aliphatic carbocycles. The fourth-order valence-electron chi connectivity index (χ4n) is 1.59. The fraction of sp³-hybridized carbons (Fsp3) is 0.857. The first-order valence-corrected chi connectivity index (χ1v) is 10.8. The molecular weight excluding hydrogens is 355 g/mol. The Morgan fingerprint density at radius 1 is 1.28 bits per heavy atom. The maximum absolute atomic E-state index is 9.43. The Morgan fingerprint density at radius 3 is 2.11 bits per heavy atom. The third-order valence-electron chi connectivity index (χ3n) is 3.98. The quantitative estimate of drug-likeness (QED) is 0.536. The zero-order valence-electron chi connectivity index (χ0n) is 12.8. The van der Waals surface area contributed by atoms with Crippen LogP contribution in [0.25, 0.3) is 0 Å². The molecule has 0 spiro atoms. The van der Waals surface area contributed by atoms with Crippen molar-refractivity contribution in [3.05, 3.63) is 10.2 Å². The largest absolute Gasteiger partial charge is 0.413 e. The second kappa shape index (κ2) is 7.41. The molecule has 0 aliphatic rings. The Balaban J connectivity index is 5.01. The van der Waals surface area contributed by atoms with Crippen molar-refractivity contribution in [2.45, 2.75) is 58.9 Å². The van der Waals surface area contributed by atoms with Crippen molar-refractivity contribution in [3.63, 3.8) is 0 Å². The van der Waals surface area contributed by atoms with E-state index in [4.69, 9.17) is 4.43 Å². The predicted molar refractivity (Wildman–Crippen MR) is 90.6 cm³/mol. The molecule has 0 fully saturated rings. The highest BCUT2D eigenvalue weighted by Crippen LogP contribution is 2.39. The predicted octanol–water partition coefficient (Wildman–Crippen LogP) is 4.59. The number of halogens is 1. The smallest absolute Gasteiger partial charge is 0.192 e. The van der Waals surface area contributed by atoms with Gasteiger partial charge < -0.3 is 9.53 Å². The molecule has 18 heavy (non-hydrogen) atoms. The van der Waals surface area contributed by atoms with Crippen LogP contribution < -0.4 is 0 Å². The summed E-state index contributed by atoms with van der Waals surface area (Å²) in [5.74, 6) is 0.500. The summed E-state index contributed by atoms with van der Waals surface area (Å²) in [4.78, 5) is 0. The highest BCUT2D eigenvalue weighted by molar-refractivity contribution is 14.1. The lowest BCUT2D eigenvalue weighted by Gasteiger charge is -2.42. The highest BCUT2D eigenvalue weighted by Gasteiger charge is 2.40. The lowest BCUT2D eigenvalue weighted by atomic mass is 9.94. The van der Waals surface area contributed by atoms with Gasteiger partial charge in [-0.15, -0.1) is 0 Å². The minimum atomic E-state index is -1.79. The molecule has 0 rings (SSSR count). The topological polar surface area (TPSA) is 29.5 Å². The van der Waals surface area contributed by atoms with Gasteiger partial charge in [-0.1, -0.05) is 63.3 Å².